The van der Waals surface area contributed by atoms with Gasteiger partial charge in [-0.05, 0) is 20.4 Å². The summed E-state index contributed by atoms with van der Waals surface area (Å²) < 4.78 is 12.3. The summed E-state index contributed by atoms with van der Waals surface area (Å²) in [5.74, 6) is 0.127. The maximum Gasteiger partial charge on any atom is 0.236 e. The summed E-state index contributed by atoms with van der Waals surface area (Å²) in [6.45, 7) is 2.60. The summed E-state index contributed by atoms with van der Waals surface area (Å²) in [7, 11) is 1.74. The first-order valence-electron chi connectivity index (χ1n) is 4.69. The largest absolute Gasteiger partial charge is 0.339 e. The second kappa shape index (κ2) is 4.56. The number of carbonyl (C=O) groups is 1. The van der Waals surface area contributed by atoms with Crippen molar-refractivity contribution in [3.63, 3.8) is 0 Å². The molecule has 1 amide bonds. The molecule has 4 heteroatoms. The zero-order valence-electron chi connectivity index (χ0n) is 8.22. The lowest BCUT2D eigenvalue weighted by Gasteiger charge is -2.21. The number of amides is 1. The average molecular weight is 188 g/mol. The first-order chi connectivity index (χ1) is 6.19. The highest BCUT2D eigenvalue weighted by Gasteiger charge is 2.31. The highest BCUT2D eigenvalue weighted by atomic mass is 19.1. The molecule has 1 aliphatic rings. The van der Waals surface area contributed by atoms with Gasteiger partial charge in [0.1, 0.15) is 0 Å². The van der Waals surface area contributed by atoms with Crippen LogP contribution in [0.5, 0.6) is 0 Å². The minimum Gasteiger partial charge on any atom is -0.339 e. The van der Waals surface area contributed by atoms with Crippen LogP contribution in [0.3, 0.4) is 0 Å². The number of nitrogens with one attached hydrogen (secondary N) is 1. The van der Waals surface area contributed by atoms with E-state index in [0.717, 1.165) is 6.42 Å². The van der Waals surface area contributed by atoms with E-state index in [-0.39, 0.29) is 24.5 Å². The summed E-state index contributed by atoms with van der Waals surface area (Å²) in [6, 6.07) is 0.196. The topological polar surface area (TPSA) is 32.3 Å². The molecule has 1 saturated heterocycles. The number of hydrogen-bond donors (Lipinski definition) is 1. The Morgan fingerprint density at radius 1 is 1.69 bits per heavy atom. The fraction of sp³-hybridized carbons (Fsp3) is 0.889. The number of alkyl halides is 1. The van der Waals surface area contributed by atoms with Crippen molar-refractivity contribution in [3.8, 4) is 0 Å². The minimum atomic E-state index is -0.312. The molecule has 1 fully saturated rings. The van der Waals surface area contributed by atoms with Crippen molar-refractivity contribution in [1.82, 2.24) is 10.2 Å². The zero-order valence-corrected chi connectivity index (χ0v) is 8.22. The molecule has 0 aromatic rings. The third kappa shape index (κ3) is 2.40. The second-order valence-corrected chi connectivity index (χ2v) is 3.68. The van der Waals surface area contributed by atoms with Gasteiger partial charge in [-0.2, -0.15) is 0 Å². The van der Waals surface area contributed by atoms with Crippen molar-refractivity contribution in [2.24, 2.45) is 5.92 Å². The highest BCUT2D eigenvalue weighted by Crippen LogP contribution is 2.22. The molecule has 0 spiro atoms. The SMILES string of the molecule is CNCC(=O)N1CC(CF)CC1C. The Labute approximate surface area is 78.3 Å². The van der Waals surface area contributed by atoms with Crippen LogP contribution in [0.1, 0.15) is 13.3 Å². The van der Waals surface area contributed by atoms with Crippen molar-refractivity contribution >= 4 is 5.91 Å². The Bertz CT molecular complexity index is 186. The van der Waals surface area contributed by atoms with Crippen LogP contribution in [0, 0.1) is 5.92 Å². The molecule has 2 unspecified atom stereocenters. The first-order valence-corrected chi connectivity index (χ1v) is 4.69. The monoisotopic (exact) mass is 188 g/mol. The average Bonchev–Trinajstić information content (AvgIpc) is 2.47. The predicted octanol–water partition coefficient (Wildman–Crippen LogP) is 0.412. The van der Waals surface area contributed by atoms with Crippen LogP contribution in [-0.4, -0.2) is 43.7 Å². The van der Waals surface area contributed by atoms with Gasteiger partial charge in [-0.3, -0.25) is 9.18 Å². The van der Waals surface area contributed by atoms with E-state index in [1.54, 1.807) is 11.9 Å². The van der Waals surface area contributed by atoms with Gasteiger partial charge in [-0.25, -0.2) is 0 Å². The summed E-state index contributed by atoms with van der Waals surface area (Å²) in [5, 5.41) is 2.81. The standard InChI is InChI=1S/C9H17FN2O/c1-7-3-8(4-10)6-12(7)9(13)5-11-2/h7-8,11H,3-6H2,1-2H3. The van der Waals surface area contributed by atoms with Gasteiger partial charge in [0.15, 0.2) is 0 Å². The van der Waals surface area contributed by atoms with E-state index in [2.05, 4.69) is 5.32 Å². The van der Waals surface area contributed by atoms with E-state index in [4.69, 9.17) is 0 Å². The summed E-state index contributed by atoms with van der Waals surface area (Å²) in [5.41, 5.74) is 0. The summed E-state index contributed by atoms with van der Waals surface area (Å²) >= 11 is 0. The van der Waals surface area contributed by atoms with Crippen LogP contribution < -0.4 is 5.32 Å². The molecular weight excluding hydrogens is 171 g/mol. The number of nitrogens with zero attached hydrogens (tertiary/aromatic N) is 1. The number of halogens is 1. The van der Waals surface area contributed by atoms with E-state index in [0.29, 0.717) is 13.1 Å². The van der Waals surface area contributed by atoms with Crippen LogP contribution in [0.15, 0.2) is 0 Å². The Kier molecular flexibility index (Phi) is 3.66. The van der Waals surface area contributed by atoms with Crippen molar-refractivity contribution in [3.05, 3.63) is 0 Å². The molecule has 3 nitrogen and oxygen atoms in total. The first kappa shape index (κ1) is 10.4. The van der Waals surface area contributed by atoms with Gasteiger partial charge in [0.2, 0.25) is 5.91 Å². The number of likely N-dealkylation sites (N-methyl/N-ethyl adjacent to an activating group) is 1. The molecule has 2 atom stereocenters. The van der Waals surface area contributed by atoms with Gasteiger partial charge in [0, 0.05) is 18.5 Å². The van der Waals surface area contributed by atoms with E-state index in [1.807, 2.05) is 6.92 Å². The molecule has 0 saturated carbocycles. The predicted molar refractivity (Wildman–Crippen MR) is 49.2 cm³/mol. The maximum atomic E-state index is 12.3. The van der Waals surface area contributed by atoms with Crippen LogP contribution >= 0.6 is 0 Å². The summed E-state index contributed by atoms with van der Waals surface area (Å²) in [6.07, 6.45) is 0.798. The molecule has 0 aromatic heterocycles. The second-order valence-electron chi connectivity index (χ2n) is 3.68. The number of hydrogen-bond acceptors (Lipinski definition) is 2. The summed E-state index contributed by atoms with van der Waals surface area (Å²) in [4.78, 5) is 13.2. The third-order valence-corrected chi connectivity index (χ3v) is 2.53. The van der Waals surface area contributed by atoms with Crippen molar-refractivity contribution < 1.29 is 9.18 Å². The lowest BCUT2D eigenvalue weighted by atomic mass is 10.1. The molecule has 1 aliphatic heterocycles. The van der Waals surface area contributed by atoms with Gasteiger partial charge >= 0.3 is 0 Å². The van der Waals surface area contributed by atoms with Crippen molar-refractivity contribution in [2.75, 3.05) is 26.8 Å². The quantitative estimate of drug-likeness (QED) is 0.696. The molecule has 76 valence electrons. The number of likely N-dealkylation sites (tertiary alicyclic amines) is 1. The number of carbonyl (C=O) groups excluding carboxylic acids is 1. The van der Waals surface area contributed by atoms with E-state index in [1.165, 1.54) is 0 Å². The molecule has 0 radical (unpaired) electrons. The number of rotatable bonds is 3. The smallest absolute Gasteiger partial charge is 0.236 e. The Balaban J connectivity index is 2.46. The van der Waals surface area contributed by atoms with E-state index in [9.17, 15) is 9.18 Å². The normalized spacial score (nSPS) is 28.1. The van der Waals surface area contributed by atoms with Crippen molar-refractivity contribution in [2.45, 2.75) is 19.4 Å². The van der Waals surface area contributed by atoms with Crippen LogP contribution in [0.2, 0.25) is 0 Å². The Hall–Kier alpha value is -0.640. The van der Waals surface area contributed by atoms with Gasteiger partial charge in [0.25, 0.3) is 0 Å². The lowest BCUT2D eigenvalue weighted by Crippen LogP contribution is -2.39. The van der Waals surface area contributed by atoms with E-state index < -0.39 is 0 Å². The van der Waals surface area contributed by atoms with Gasteiger partial charge in [-0.15, -0.1) is 0 Å². The molecule has 0 aliphatic carbocycles. The van der Waals surface area contributed by atoms with Crippen molar-refractivity contribution in [1.29, 1.82) is 0 Å². The van der Waals surface area contributed by atoms with Crippen LogP contribution in [0.4, 0.5) is 4.39 Å². The van der Waals surface area contributed by atoms with Gasteiger partial charge < -0.3 is 10.2 Å². The molecule has 13 heavy (non-hydrogen) atoms. The molecule has 1 rings (SSSR count). The molecule has 0 aromatic carbocycles. The van der Waals surface area contributed by atoms with Gasteiger partial charge in [0.05, 0.1) is 13.2 Å². The van der Waals surface area contributed by atoms with E-state index >= 15 is 0 Å². The zero-order chi connectivity index (χ0) is 9.84. The third-order valence-electron chi connectivity index (χ3n) is 2.53. The maximum absolute atomic E-state index is 12.3. The fourth-order valence-electron chi connectivity index (χ4n) is 1.85. The molecule has 0 bridgehead atoms. The lowest BCUT2D eigenvalue weighted by molar-refractivity contribution is -0.130. The Morgan fingerprint density at radius 3 is 2.85 bits per heavy atom. The van der Waals surface area contributed by atoms with Gasteiger partial charge in [-0.1, -0.05) is 0 Å². The van der Waals surface area contributed by atoms with Crippen LogP contribution in [0.25, 0.3) is 0 Å². The fourth-order valence-corrected chi connectivity index (χ4v) is 1.85. The molecule has 1 heterocycles. The minimum absolute atomic E-state index is 0.0517. The molecular formula is C9H17FN2O. The Morgan fingerprint density at radius 2 is 2.38 bits per heavy atom. The molecule has 1 N–H and O–H groups in total. The highest BCUT2D eigenvalue weighted by molar-refractivity contribution is 5.78. The van der Waals surface area contributed by atoms with Crippen LogP contribution in [-0.2, 0) is 4.79 Å².